The van der Waals surface area contributed by atoms with Gasteiger partial charge in [-0.25, -0.2) is 12.7 Å². The average molecular weight is 346 g/mol. The van der Waals surface area contributed by atoms with Crippen LogP contribution >= 0.6 is 0 Å². The van der Waals surface area contributed by atoms with E-state index in [1.807, 2.05) is 6.92 Å². The lowest BCUT2D eigenvalue weighted by atomic mass is 10.1. The first kappa shape index (κ1) is 19.2. The molecule has 0 unspecified atom stereocenters. The zero-order valence-corrected chi connectivity index (χ0v) is 13.6. The molecule has 22 heavy (non-hydrogen) atoms. The molecule has 0 saturated carbocycles. The highest BCUT2D eigenvalue weighted by Gasteiger charge is 2.55. The smallest absolute Gasteiger partial charge is 0.372 e. The lowest BCUT2D eigenvalue weighted by Gasteiger charge is -2.23. The molecule has 0 bridgehead atoms. The second-order valence-corrected chi connectivity index (χ2v) is 7.73. The summed E-state index contributed by atoms with van der Waals surface area (Å²) in [5.41, 5.74) is 0. The first-order valence-corrected chi connectivity index (χ1v) is 8.35. The highest BCUT2D eigenvalue weighted by molar-refractivity contribution is 7.89. The van der Waals surface area contributed by atoms with E-state index in [4.69, 9.17) is 4.74 Å². The Bertz CT molecular complexity index is 493. The Kier molecular flexibility index (Phi) is 6.22. The zero-order valence-electron chi connectivity index (χ0n) is 12.8. The molecule has 1 fully saturated rings. The van der Waals surface area contributed by atoms with E-state index in [1.165, 1.54) is 14.1 Å². The second kappa shape index (κ2) is 7.14. The Morgan fingerprint density at radius 3 is 2.36 bits per heavy atom. The maximum absolute atomic E-state index is 13.1. The van der Waals surface area contributed by atoms with E-state index >= 15 is 0 Å². The number of nitrogens with zero attached hydrogens (tertiary/aromatic N) is 2. The van der Waals surface area contributed by atoms with Crippen LogP contribution in [0.2, 0.25) is 0 Å². The number of hydrogen-bond acceptors (Lipinski definition) is 4. The van der Waals surface area contributed by atoms with Crippen molar-refractivity contribution in [1.82, 2.24) is 9.21 Å². The summed E-state index contributed by atoms with van der Waals surface area (Å²) in [6.45, 7) is 0.684. The maximum Gasteiger partial charge on any atom is 0.394 e. The predicted octanol–water partition coefficient (Wildman–Crippen LogP) is 0.694. The molecule has 1 amide bonds. The quantitative estimate of drug-likeness (QED) is 0.664. The van der Waals surface area contributed by atoms with Crippen molar-refractivity contribution < 1.29 is 31.1 Å². The third-order valence-electron chi connectivity index (χ3n) is 3.50. The van der Waals surface area contributed by atoms with Crippen LogP contribution in [-0.2, 0) is 19.6 Å². The van der Waals surface area contributed by atoms with Crippen LogP contribution in [0.15, 0.2) is 0 Å². The fourth-order valence-corrected chi connectivity index (χ4v) is 3.83. The number of ether oxygens (including phenoxy) is 1. The lowest BCUT2D eigenvalue weighted by molar-refractivity contribution is -0.170. The van der Waals surface area contributed by atoms with Crippen molar-refractivity contribution >= 4 is 15.9 Å². The first-order chi connectivity index (χ1) is 10.0. The number of likely N-dealkylation sites (tertiary alicyclic amines) is 1. The molecular weight excluding hydrogens is 325 g/mol. The molecule has 0 spiro atoms. The molecule has 1 rings (SSSR count). The number of halogens is 3. The minimum Gasteiger partial charge on any atom is -0.372 e. The van der Waals surface area contributed by atoms with Crippen molar-refractivity contribution in [2.24, 2.45) is 5.92 Å². The normalized spacial score (nSPS) is 23.3. The van der Waals surface area contributed by atoms with Gasteiger partial charge in [-0.2, -0.15) is 13.2 Å². The summed E-state index contributed by atoms with van der Waals surface area (Å²) in [6, 6.07) is 0. The second-order valence-electron chi connectivity index (χ2n) is 5.37. The number of alkyl halides is 3. The van der Waals surface area contributed by atoms with Gasteiger partial charge in [0.15, 0.2) is 0 Å². The predicted molar refractivity (Wildman–Crippen MR) is 73.6 cm³/mol. The van der Waals surface area contributed by atoms with Crippen LogP contribution in [-0.4, -0.2) is 75.4 Å². The van der Waals surface area contributed by atoms with Gasteiger partial charge in [0.25, 0.3) is 0 Å². The van der Waals surface area contributed by atoms with Crippen molar-refractivity contribution in [3.05, 3.63) is 0 Å². The van der Waals surface area contributed by atoms with Gasteiger partial charge in [-0.1, -0.05) is 6.92 Å². The van der Waals surface area contributed by atoms with Gasteiger partial charge < -0.3 is 9.64 Å². The molecule has 0 aliphatic carbocycles. The standard InChI is InChI=1S/C12H21F3N2O4S/c1-4-5-21-8-11(18)17-6-9(12(13,14)15)10(7-17)22(19,20)16(2)3/h9-10H,4-8H2,1-3H3/t9-,10-/m0/s1. The van der Waals surface area contributed by atoms with E-state index in [2.05, 4.69) is 0 Å². The van der Waals surface area contributed by atoms with E-state index in [-0.39, 0.29) is 6.61 Å². The molecule has 1 heterocycles. The van der Waals surface area contributed by atoms with Crippen molar-refractivity contribution in [3.63, 3.8) is 0 Å². The molecule has 2 atom stereocenters. The topological polar surface area (TPSA) is 66.9 Å². The largest absolute Gasteiger partial charge is 0.394 e. The van der Waals surface area contributed by atoms with Crippen molar-refractivity contribution in [2.75, 3.05) is 40.4 Å². The summed E-state index contributed by atoms with van der Waals surface area (Å²) in [5, 5.41) is -1.68. The molecule has 10 heteroatoms. The monoisotopic (exact) mass is 346 g/mol. The number of carbonyl (C=O) groups is 1. The number of carbonyl (C=O) groups excluding carboxylic acids is 1. The summed E-state index contributed by atoms with van der Waals surface area (Å²) in [6.07, 6.45) is -4.01. The average Bonchev–Trinajstić information content (AvgIpc) is 2.84. The summed E-state index contributed by atoms with van der Waals surface area (Å²) in [5.74, 6) is -2.71. The van der Waals surface area contributed by atoms with Gasteiger partial charge in [-0.3, -0.25) is 4.79 Å². The third kappa shape index (κ3) is 4.32. The highest BCUT2D eigenvalue weighted by atomic mass is 32.2. The van der Waals surface area contributed by atoms with Gasteiger partial charge in [-0.05, 0) is 6.42 Å². The summed E-state index contributed by atoms with van der Waals surface area (Å²) >= 11 is 0. The Hall–Kier alpha value is -0.870. The minimum absolute atomic E-state index is 0.321. The molecule has 0 N–H and O–H groups in total. The fraction of sp³-hybridized carbons (Fsp3) is 0.917. The molecule has 0 aromatic rings. The summed E-state index contributed by atoms with van der Waals surface area (Å²) in [7, 11) is -1.77. The molecule has 6 nitrogen and oxygen atoms in total. The van der Waals surface area contributed by atoms with E-state index < -0.39 is 46.4 Å². The maximum atomic E-state index is 13.1. The van der Waals surface area contributed by atoms with Gasteiger partial charge in [0.1, 0.15) is 11.9 Å². The van der Waals surface area contributed by atoms with Crippen LogP contribution in [0.5, 0.6) is 0 Å². The van der Waals surface area contributed by atoms with Crippen molar-refractivity contribution in [2.45, 2.75) is 24.8 Å². The SMILES string of the molecule is CCCOCC(=O)N1C[C@H](C(F)(F)F)[C@@H](S(=O)(=O)N(C)C)C1. The highest BCUT2D eigenvalue weighted by Crippen LogP contribution is 2.37. The molecule has 1 aliphatic heterocycles. The van der Waals surface area contributed by atoms with Crippen LogP contribution in [0.4, 0.5) is 13.2 Å². The Labute approximate surface area is 128 Å². The van der Waals surface area contributed by atoms with Crippen molar-refractivity contribution in [3.8, 4) is 0 Å². The van der Waals surface area contributed by atoms with Gasteiger partial charge in [0, 0.05) is 33.8 Å². The molecule has 0 aromatic carbocycles. The van der Waals surface area contributed by atoms with Gasteiger partial charge in [-0.15, -0.1) is 0 Å². The van der Waals surface area contributed by atoms with Crippen LogP contribution in [0, 0.1) is 5.92 Å². The van der Waals surface area contributed by atoms with Crippen LogP contribution < -0.4 is 0 Å². The fourth-order valence-electron chi connectivity index (χ4n) is 2.26. The number of hydrogen-bond donors (Lipinski definition) is 0. The van der Waals surface area contributed by atoms with Gasteiger partial charge >= 0.3 is 6.18 Å². The molecule has 130 valence electrons. The molecule has 0 radical (unpaired) electrons. The van der Waals surface area contributed by atoms with Crippen LogP contribution in [0.25, 0.3) is 0 Å². The Morgan fingerprint density at radius 1 is 1.32 bits per heavy atom. The number of sulfonamides is 1. The molecule has 1 saturated heterocycles. The van der Waals surface area contributed by atoms with Crippen LogP contribution in [0.1, 0.15) is 13.3 Å². The van der Waals surface area contributed by atoms with E-state index in [0.29, 0.717) is 13.0 Å². The Morgan fingerprint density at radius 2 is 1.91 bits per heavy atom. The minimum atomic E-state index is -4.69. The molecular formula is C12H21F3N2O4S. The molecule has 1 aliphatic rings. The lowest BCUT2D eigenvalue weighted by Crippen LogP contribution is -2.43. The number of rotatable bonds is 6. The first-order valence-electron chi connectivity index (χ1n) is 6.85. The van der Waals surface area contributed by atoms with Gasteiger partial charge in [0.2, 0.25) is 15.9 Å². The summed E-state index contributed by atoms with van der Waals surface area (Å²) < 4.78 is 69.2. The molecule has 0 aromatic heterocycles. The van der Waals surface area contributed by atoms with E-state index in [9.17, 15) is 26.4 Å². The van der Waals surface area contributed by atoms with Crippen LogP contribution in [0.3, 0.4) is 0 Å². The van der Waals surface area contributed by atoms with Crippen molar-refractivity contribution in [1.29, 1.82) is 0 Å². The van der Waals surface area contributed by atoms with Gasteiger partial charge in [0.05, 0.1) is 5.92 Å². The number of amides is 1. The summed E-state index contributed by atoms with van der Waals surface area (Å²) in [4.78, 5) is 12.8. The van der Waals surface area contributed by atoms with E-state index in [0.717, 1.165) is 9.21 Å². The zero-order chi connectivity index (χ0) is 17.1. The van der Waals surface area contributed by atoms with E-state index in [1.54, 1.807) is 0 Å². The Balaban J connectivity index is 2.91. The third-order valence-corrected chi connectivity index (χ3v) is 5.77.